The van der Waals surface area contributed by atoms with Gasteiger partial charge in [0.2, 0.25) is 5.91 Å². The van der Waals surface area contributed by atoms with Crippen LogP contribution in [0.2, 0.25) is 0 Å². The molecule has 0 aliphatic carbocycles. The molecule has 6 atom stereocenters. The van der Waals surface area contributed by atoms with E-state index in [9.17, 15) is 29.7 Å². The van der Waals surface area contributed by atoms with Crippen LogP contribution < -0.4 is 21.3 Å². The van der Waals surface area contributed by atoms with E-state index in [1.807, 2.05) is 63.8 Å². The Kier molecular flexibility index (Phi) is 9.17. The van der Waals surface area contributed by atoms with E-state index in [1.165, 1.54) is 0 Å². The molecule has 0 saturated carbocycles. The fourth-order valence-electron chi connectivity index (χ4n) is 6.66. The standard InChI is InChI=1S/C33H42N4O6S/c1-6-19-15(2)24(36-33(19)43)11-22-16(3)20(7-9-29(38)39)25(34-22)13-26-21(8-10-30(40)41)17(4)23(35-26)12-27-31(28-14-44-28)18(5)32(42)37-27/h6,11-13,15,18,24,28,31-32,34-35,37,42H,7-10,14H2,1-5H3,(H,36,43)(H,38,39)(H,40,41)/b19-6-,22-11+,25-13-,27-12-/t15?,18-,24-,28+,31-,32?/m1/s1. The number of hydrogen-bond acceptors (Lipinski definition) is 6. The summed E-state index contributed by atoms with van der Waals surface area (Å²) in [5, 5.41) is 37.8. The number of thioether (sulfide) groups is 1. The third-order valence-corrected chi connectivity index (χ3v) is 10.4. The number of aliphatic carboxylic acids is 2. The molecule has 0 spiro atoms. The van der Waals surface area contributed by atoms with Gasteiger partial charge in [-0.1, -0.05) is 19.9 Å². The molecule has 11 heteroatoms. The largest absolute Gasteiger partial charge is 0.481 e. The quantitative estimate of drug-likeness (QED) is 0.157. The van der Waals surface area contributed by atoms with Gasteiger partial charge in [-0.2, -0.15) is 11.8 Å². The molecule has 0 bridgehead atoms. The van der Waals surface area contributed by atoms with Crippen molar-refractivity contribution in [3.8, 4) is 0 Å². The second-order valence-corrected chi connectivity index (χ2v) is 13.5. The summed E-state index contributed by atoms with van der Waals surface area (Å²) in [5.74, 6) is -0.530. The topological polar surface area (TPSA) is 168 Å². The van der Waals surface area contributed by atoms with Crippen molar-refractivity contribution in [1.82, 2.24) is 20.6 Å². The predicted molar refractivity (Wildman–Crippen MR) is 171 cm³/mol. The van der Waals surface area contributed by atoms with Gasteiger partial charge in [0.05, 0.1) is 6.04 Å². The van der Waals surface area contributed by atoms with Crippen LogP contribution in [0, 0.1) is 31.6 Å². The van der Waals surface area contributed by atoms with Gasteiger partial charge in [-0.25, -0.2) is 0 Å². The average Bonchev–Trinajstić information content (AvgIpc) is 3.53. The maximum Gasteiger partial charge on any atom is 0.303 e. The lowest BCUT2D eigenvalue weighted by atomic mass is 9.91. The van der Waals surface area contributed by atoms with Crippen molar-refractivity contribution < 1.29 is 29.7 Å². The lowest BCUT2D eigenvalue weighted by molar-refractivity contribution is -0.138. The van der Waals surface area contributed by atoms with Crippen molar-refractivity contribution in [2.45, 2.75) is 77.8 Å². The van der Waals surface area contributed by atoms with Gasteiger partial charge in [0.1, 0.15) is 6.23 Å². The van der Waals surface area contributed by atoms with E-state index in [-0.39, 0.29) is 42.5 Å². The molecule has 2 unspecified atom stereocenters. The maximum atomic E-state index is 12.4. The zero-order valence-corrected chi connectivity index (χ0v) is 26.6. The number of amides is 1. The van der Waals surface area contributed by atoms with Crippen LogP contribution in [-0.2, 0) is 27.2 Å². The summed E-state index contributed by atoms with van der Waals surface area (Å²) in [6, 6.07) is -0.211. The number of aromatic nitrogens is 2. The second kappa shape index (κ2) is 12.7. The van der Waals surface area contributed by atoms with E-state index in [2.05, 4.69) is 27.5 Å². The van der Waals surface area contributed by atoms with E-state index >= 15 is 0 Å². The first kappa shape index (κ1) is 31.7. The molecule has 1 amide bonds. The molecular weight excluding hydrogens is 580 g/mol. The van der Waals surface area contributed by atoms with Crippen molar-refractivity contribution >= 4 is 47.8 Å². The highest BCUT2D eigenvalue weighted by atomic mass is 32.2. The Labute approximate surface area is 260 Å². The monoisotopic (exact) mass is 622 g/mol. The summed E-state index contributed by atoms with van der Waals surface area (Å²) >= 11 is 1.89. The Bertz CT molecular complexity index is 1660. The Morgan fingerprint density at radius 3 is 2.18 bits per heavy atom. The molecule has 5 heterocycles. The fraction of sp³-hybridized carbons (Fsp3) is 0.485. The number of carboxylic acids is 2. The maximum absolute atomic E-state index is 12.4. The SMILES string of the molecule is C/C=C1\C(=O)N[C@H](/C=c2/[nH]/c(=C\c3[nH]c(/C=C4\NC(O)[C@H](C)[C@H]4[C@@H]4CS4)c(C)c3CCC(=O)O)c(CCC(=O)O)c2C)C1C. The zero-order chi connectivity index (χ0) is 31.9. The molecule has 2 aromatic heterocycles. The summed E-state index contributed by atoms with van der Waals surface area (Å²) in [5.41, 5.74) is 6.89. The van der Waals surface area contributed by atoms with Gasteiger partial charge in [0.25, 0.3) is 0 Å². The second-order valence-electron chi connectivity index (χ2n) is 12.2. The van der Waals surface area contributed by atoms with Crippen LogP contribution in [0.3, 0.4) is 0 Å². The van der Waals surface area contributed by atoms with Crippen molar-refractivity contribution in [1.29, 1.82) is 0 Å². The summed E-state index contributed by atoms with van der Waals surface area (Å²) in [7, 11) is 0. The molecule has 0 aromatic carbocycles. The van der Waals surface area contributed by atoms with Gasteiger partial charge in [0, 0.05) is 75.0 Å². The van der Waals surface area contributed by atoms with Crippen LogP contribution in [0.5, 0.6) is 0 Å². The smallest absolute Gasteiger partial charge is 0.303 e. The van der Waals surface area contributed by atoms with Crippen molar-refractivity contribution in [2.75, 3.05) is 5.75 Å². The Morgan fingerprint density at radius 1 is 0.932 bits per heavy atom. The molecule has 3 fully saturated rings. The first-order chi connectivity index (χ1) is 20.9. The van der Waals surface area contributed by atoms with Crippen molar-refractivity contribution in [2.24, 2.45) is 17.8 Å². The average molecular weight is 623 g/mol. The summed E-state index contributed by atoms with van der Waals surface area (Å²) in [6.07, 6.45) is 7.74. The number of rotatable bonds is 10. The summed E-state index contributed by atoms with van der Waals surface area (Å²) in [4.78, 5) is 42.6. The molecule has 2 aromatic rings. The van der Waals surface area contributed by atoms with Crippen LogP contribution in [0.4, 0.5) is 0 Å². The molecule has 7 N–H and O–H groups in total. The van der Waals surface area contributed by atoms with Gasteiger partial charge in [-0.15, -0.1) is 0 Å². The highest BCUT2D eigenvalue weighted by Gasteiger charge is 2.45. The van der Waals surface area contributed by atoms with Crippen LogP contribution >= 0.6 is 11.8 Å². The van der Waals surface area contributed by atoms with E-state index < -0.39 is 18.2 Å². The van der Waals surface area contributed by atoms with Crippen LogP contribution in [0.25, 0.3) is 18.2 Å². The lowest BCUT2D eigenvalue weighted by Crippen LogP contribution is -2.28. The molecule has 236 valence electrons. The van der Waals surface area contributed by atoms with E-state index in [4.69, 9.17) is 0 Å². The number of aliphatic hydroxyl groups is 1. The van der Waals surface area contributed by atoms with Gasteiger partial charge < -0.3 is 35.9 Å². The Morgan fingerprint density at radius 2 is 1.59 bits per heavy atom. The van der Waals surface area contributed by atoms with Gasteiger partial charge in [0.15, 0.2) is 0 Å². The third-order valence-electron chi connectivity index (χ3n) is 9.41. The molecule has 0 radical (unpaired) electrons. The Balaban J connectivity index is 1.62. The van der Waals surface area contributed by atoms with Crippen LogP contribution in [0.1, 0.15) is 67.3 Å². The van der Waals surface area contributed by atoms with Crippen LogP contribution in [0.15, 0.2) is 17.3 Å². The number of H-pyrrole nitrogens is 2. The van der Waals surface area contributed by atoms with Crippen molar-refractivity contribution in [3.63, 3.8) is 0 Å². The normalized spacial score (nSPS) is 29.1. The molecule has 44 heavy (non-hydrogen) atoms. The molecule has 3 saturated heterocycles. The number of nitrogens with one attached hydrogen (secondary N) is 4. The minimum absolute atomic E-state index is 0.0160. The predicted octanol–water partition coefficient (Wildman–Crippen LogP) is 2.31. The highest BCUT2D eigenvalue weighted by molar-refractivity contribution is 8.06. The Hall–Kier alpha value is -3.70. The van der Waals surface area contributed by atoms with Crippen LogP contribution in [-0.4, -0.2) is 66.4 Å². The number of carboxylic acid groups (broad SMARTS) is 2. The minimum Gasteiger partial charge on any atom is -0.481 e. The number of hydrogen-bond donors (Lipinski definition) is 7. The van der Waals surface area contributed by atoms with Gasteiger partial charge >= 0.3 is 11.9 Å². The van der Waals surface area contributed by atoms with E-state index in [1.54, 1.807) is 0 Å². The molecule has 5 rings (SSSR count). The first-order valence-corrected chi connectivity index (χ1v) is 16.2. The molecular formula is C33H42N4O6S. The van der Waals surface area contributed by atoms with E-state index in [0.717, 1.165) is 61.4 Å². The summed E-state index contributed by atoms with van der Waals surface area (Å²) < 4.78 is 0. The van der Waals surface area contributed by atoms with Gasteiger partial charge in [-0.05, 0) is 74.1 Å². The molecule has 3 aliphatic heterocycles. The highest BCUT2D eigenvalue weighted by Crippen LogP contribution is 2.47. The molecule has 3 aliphatic rings. The fourth-order valence-corrected chi connectivity index (χ4v) is 7.58. The number of carbonyl (C=O) groups excluding carboxylic acids is 1. The number of aromatic amines is 2. The third kappa shape index (κ3) is 6.39. The van der Waals surface area contributed by atoms with Gasteiger partial charge in [-0.3, -0.25) is 14.4 Å². The molecule has 10 nitrogen and oxygen atoms in total. The van der Waals surface area contributed by atoms with Crippen molar-refractivity contribution in [3.05, 3.63) is 61.7 Å². The number of aliphatic hydroxyl groups excluding tert-OH is 1. The number of allylic oxidation sites excluding steroid dienone is 2. The first-order valence-electron chi connectivity index (χ1n) is 15.2. The number of carbonyl (C=O) groups is 3. The minimum atomic E-state index is -0.896. The summed E-state index contributed by atoms with van der Waals surface area (Å²) in [6.45, 7) is 9.83. The zero-order valence-electron chi connectivity index (χ0n) is 25.8. The van der Waals surface area contributed by atoms with E-state index in [0.29, 0.717) is 18.1 Å². The lowest BCUT2D eigenvalue weighted by Gasteiger charge is -2.14.